The van der Waals surface area contributed by atoms with Crippen LogP contribution in [0.2, 0.25) is 0 Å². The molecule has 21 heavy (non-hydrogen) atoms. The first-order chi connectivity index (χ1) is 10.2. The fourth-order valence-corrected chi connectivity index (χ4v) is 2.33. The largest absolute Gasteiger partial charge is 0.356 e. The van der Waals surface area contributed by atoms with Gasteiger partial charge in [-0.25, -0.2) is 9.37 Å². The van der Waals surface area contributed by atoms with Crippen molar-refractivity contribution in [3.05, 3.63) is 47.8 Å². The topological polar surface area (TPSA) is 54.2 Å². The summed E-state index contributed by atoms with van der Waals surface area (Å²) in [4.78, 5) is 8.44. The van der Waals surface area contributed by atoms with Crippen LogP contribution in [-0.4, -0.2) is 28.6 Å². The average Bonchev–Trinajstić information content (AvgIpc) is 2.92. The van der Waals surface area contributed by atoms with Gasteiger partial charge in [-0.05, 0) is 31.0 Å². The third-order valence-corrected chi connectivity index (χ3v) is 3.45. The van der Waals surface area contributed by atoms with Crippen molar-refractivity contribution < 1.29 is 4.39 Å². The highest BCUT2D eigenvalue weighted by Crippen LogP contribution is 2.16. The third kappa shape index (κ3) is 3.04. The molecule has 0 aliphatic carbocycles. The Morgan fingerprint density at radius 1 is 1.43 bits per heavy atom. The first kappa shape index (κ1) is 13.6. The molecular weight excluding hydrogens is 269 g/mol. The standard InChI is InChI=1S/C15H18FN5/c1-11-17-7-8-21(11)14-4-3-12(9-13(14)16)10-20-15-18-5-2-6-19-15/h3-4,7-9H,2,5-6,10H2,1H3,(H2,18,19,20). The number of nitrogens with one attached hydrogen (secondary N) is 2. The highest BCUT2D eigenvalue weighted by molar-refractivity contribution is 5.80. The van der Waals surface area contributed by atoms with Crippen molar-refractivity contribution in [3.63, 3.8) is 0 Å². The molecule has 0 amide bonds. The third-order valence-electron chi connectivity index (χ3n) is 3.45. The second-order valence-electron chi connectivity index (χ2n) is 4.99. The van der Waals surface area contributed by atoms with Crippen molar-refractivity contribution in [1.82, 2.24) is 20.2 Å². The number of hydrogen-bond acceptors (Lipinski definition) is 4. The number of aliphatic imine (C=N–C) groups is 1. The first-order valence-corrected chi connectivity index (χ1v) is 7.05. The van der Waals surface area contributed by atoms with E-state index in [4.69, 9.17) is 0 Å². The predicted octanol–water partition coefficient (Wildman–Crippen LogP) is 1.76. The van der Waals surface area contributed by atoms with Crippen LogP contribution in [0.25, 0.3) is 5.69 Å². The van der Waals surface area contributed by atoms with E-state index in [1.165, 1.54) is 0 Å². The molecule has 3 rings (SSSR count). The van der Waals surface area contributed by atoms with E-state index in [0.717, 1.165) is 36.9 Å². The Labute approximate surface area is 122 Å². The molecule has 1 aromatic heterocycles. The van der Waals surface area contributed by atoms with E-state index in [1.807, 2.05) is 13.0 Å². The maximum atomic E-state index is 14.2. The summed E-state index contributed by atoms with van der Waals surface area (Å²) in [7, 11) is 0. The molecule has 1 aliphatic rings. The Hall–Kier alpha value is -2.37. The average molecular weight is 287 g/mol. The van der Waals surface area contributed by atoms with Gasteiger partial charge in [0.05, 0.1) is 5.69 Å². The van der Waals surface area contributed by atoms with Gasteiger partial charge in [-0.15, -0.1) is 0 Å². The second kappa shape index (κ2) is 5.95. The van der Waals surface area contributed by atoms with Gasteiger partial charge >= 0.3 is 0 Å². The molecule has 5 nitrogen and oxygen atoms in total. The summed E-state index contributed by atoms with van der Waals surface area (Å²) >= 11 is 0. The van der Waals surface area contributed by atoms with Gasteiger partial charge in [-0.2, -0.15) is 0 Å². The van der Waals surface area contributed by atoms with E-state index in [9.17, 15) is 4.39 Å². The number of aromatic nitrogens is 2. The molecule has 0 spiro atoms. The first-order valence-electron chi connectivity index (χ1n) is 7.05. The molecule has 2 aromatic rings. The Morgan fingerprint density at radius 2 is 2.33 bits per heavy atom. The molecule has 2 N–H and O–H groups in total. The van der Waals surface area contributed by atoms with Gasteiger partial charge in [0, 0.05) is 32.0 Å². The second-order valence-corrected chi connectivity index (χ2v) is 4.99. The van der Waals surface area contributed by atoms with Gasteiger partial charge < -0.3 is 15.2 Å². The summed E-state index contributed by atoms with van der Waals surface area (Å²) in [5.74, 6) is 1.30. The maximum Gasteiger partial charge on any atom is 0.191 e. The van der Waals surface area contributed by atoms with E-state index in [-0.39, 0.29) is 5.82 Å². The smallest absolute Gasteiger partial charge is 0.191 e. The molecular formula is C15H18FN5. The summed E-state index contributed by atoms with van der Waals surface area (Å²) in [6, 6.07) is 5.23. The van der Waals surface area contributed by atoms with Gasteiger partial charge in [-0.3, -0.25) is 4.99 Å². The molecule has 0 saturated heterocycles. The minimum absolute atomic E-state index is 0.256. The molecule has 1 aromatic carbocycles. The zero-order chi connectivity index (χ0) is 14.7. The number of aryl methyl sites for hydroxylation is 1. The lowest BCUT2D eigenvalue weighted by Crippen LogP contribution is -2.40. The number of rotatable bonds is 3. The monoisotopic (exact) mass is 287 g/mol. The number of nitrogens with zero attached hydrogens (tertiary/aromatic N) is 3. The van der Waals surface area contributed by atoms with E-state index in [2.05, 4.69) is 20.6 Å². The molecule has 110 valence electrons. The number of imidazole rings is 1. The minimum Gasteiger partial charge on any atom is -0.356 e. The maximum absolute atomic E-state index is 14.2. The Bertz CT molecular complexity index is 662. The van der Waals surface area contributed by atoms with Crippen LogP contribution in [0.15, 0.2) is 35.6 Å². The summed E-state index contributed by atoms with van der Waals surface area (Å²) in [6.45, 7) is 4.16. The van der Waals surface area contributed by atoms with Crippen molar-refractivity contribution >= 4 is 5.96 Å². The molecule has 6 heteroatoms. The van der Waals surface area contributed by atoms with Crippen LogP contribution in [0.3, 0.4) is 0 Å². The summed E-state index contributed by atoms with van der Waals surface area (Å²) < 4.78 is 16.0. The van der Waals surface area contributed by atoms with Gasteiger partial charge in [0.15, 0.2) is 5.96 Å². The van der Waals surface area contributed by atoms with E-state index in [1.54, 1.807) is 29.1 Å². The van der Waals surface area contributed by atoms with Crippen LogP contribution in [0.5, 0.6) is 0 Å². The highest BCUT2D eigenvalue weighted by Gasteiger charge is 2.09. The van der Waals surface area contributed by atoms with Gasteiger partial charge in [0.2, 0.25) is 0 Å². The number of halogens is 1. The predicted molar refractivity (Wildman–Crippen MR) is 80.0 cm³/mol. The Morgan fingerprint density at radius 3 is 3.00 bits per heavy atom. The van der Waals surface area contributed by atoms with Gasteiger partial charge in [0.25, 0.3) is 0 Å². The number of hydrogen-bond donors (Lipinski definition) is 2. The molecule has 0 radical (unpaired) electrons. The van der Waals surface area contributed by atoms with Crippen LogP contribution < -0.4 is 10.6 Å². The van der Waals surface area contributed by atoms with Crippen molar-refractivity contribution in [2.75, 3.05) is 13.1 Å². The molecule has 1 aliphatic heterocycles. The lowest BCUT2D eigenvalue weighted by Gasteiger charge is -2.16. The van der Waals surface area contributed by atoms with Crippen LogP contribution in [-0.2, 0) is 6.54 Å². The number of benzene rings is 1. The van der Waals surface area contributed by atoms with Crippen molar-refractivity contribution in [2.45, 2.75) is 19.9 Å². The van der Waals surface area contributed by atoms with Crippen LogP contribution in [0.4, 0.5) is 4.39 Å². The molecule has 0 saturated carbocycles. The van der Waals surface area contributed by atoms with E-state index < -0.39 is 0 Å². The highest BCUT2D eigenvalue weighted by atomic mass is 19.1. The van der Waals surface area contributed by atoms with E-state index in [0.29, 0.717) is 12.2 Å². The molecule has 0 unspecified atom stereocenters. The molecule has 0 bridgehead atoms. The summed E-state index contributed by atoms with van der Waals surface area (Å²) in [6.07, 6.45) is 4.47. The van der Waals surface area contributed by atoms with Crippen LogP contribution in [0, 0.1) is 12.7 Å². The van der Waals surface area contributed by atoms with Crippen molar-refractivity contribution in [2.24, 2.45) is 4.99 Å². The quantitative estimate of drug-likeness (QED) is 0.904. The summed E-state index contributed by atoms with van der Waals surface area (Å²) in [5, 5.41) is 6.36. The Kier molecular flexibility index (Phi) is 3.85. The SMILES string of the molecule is Cc1nccn1-c1ccc(CNC2=NCCCN2)cc1F. The number of guanidine groups is 1. The lowest BCUT2D eigenvalue weighted by molar-refractivity contribution is 0.613. The van der Waals surface area contributed by atoms with Crippen LogP contribution in [0.1, 0.15) is 17.8 Å². The zero-order valence-corrected chi connectivity index (χ0v) is 11.9. The lowest BCUT2D eigenvalue weighted by atomic mass is 10.2. The Balaban J connectivity index is 1.72. The molecule has 2 heterocycles. The van der Waals surface area contributed by atoms with Gasteiger partial charge in [-0.1, -0.05) is 6.07 Å². The molecule has 0 atom stereocenters. The van der Waals surface area contributed by atoms with Crippen molar-refractivity contribution in [1.29, 1.82) is 0 Å². The van der Waals surface area contributed by atoms with Gasteiger partial charge in [0.1, 0.15) is 11.6 Å². The fraction of sp³-hybridized carbons (Fsp3) is 0.333. The van der Waals surface area contributed by atoms with Crippen LogP contribution >= 0.6 is 0 Å². The minimum atomic E-state index is -0.256. The van der Waals surface area contributed by atoms with E-state index >= 15 is 0 Å². The van der Waals surface area contributed by atoms with Crippen molar-refractivity contribution in [3.8, 4) is 5.69 Å². The zero-order valence-electron chi connectivity index (χ0n) is 11.9. The molecule has 0 fully saturated rings. The fourth-order valence-electron chi connectivity index (χ4n) is 2.33. The summed E-state index contributed by atoms with van der Waals surface area (Å²) in [5.41, 5.74) is 1.39. The normalized spacial score (nSPS) is 14.5.